The highest BCUT2D eigenvalue weighted by Crippen LogP contribution is 2.48. The number of nitrogens with two attached hydrogens (primary N) is 1. The topological polar surface area (TPSA) is 64.4 Å². The molecule has 4 nitrogen and oxygen atoms in total. The van der Waals surface area contributed by atoms with E-state index >= 15 is 0 Å². The molecule has 1 unspecified atom stereocenters. The molecule has 1 amide bonds. The second kappa shape index (κ2) is 6.53. The fourth-order valence-electron chi connectivity index (χ4n) is 2.23. The molecule has 1 saturated carbocycles. The highest BCUT2D eigenvalue weighted by Gasteiger charge is 2.43. The van der Waals surface area contributed by atoms with E-state index in [2.05, 4.69) is 5.32 Å². The molecule has 18 heavy (non-hydrogen) atoms. The lowest BCUT2D eigenvalue weighted by molar-refractivity contribution is -0.126. The van der Waals surface area contributed by atoms with Crippen LogP contribution in [0.3, 0.4) is 0 Å². The first-order valence-corrected chi connectivity index (χ1v) is 7.11. The van der Waals surface area contributed by atoms with E-state index in [4.69, 9.17) is 10.5 Å². The monoisotopic (exact) mass is 256 g/mol. The summed E-state index contributed by atoms with van der Waals surface area (Å²) in [4.78, 5) is 12.0. The van der Waals surface area contributed by atoms with E-state index in [0.717, 1.165) is 39.0 Å². The van der Waals surface area contributed by atoms with Crippen molar-refractivity contribution in [2.75, 3.05) is 19.8 Å². The summed E-state index contributed by atoms with van der Waals surface area (Å²) in [5.74, 6) is -0.0213. The highest BCUT2D eigenvalue weighted by molar-refractivity contribution is 5.85. The van der Waals surface area contributed by atoms with Gasteiger partial charge >= 0.3 is 0 Å². The quantitative estimate of drug-likeness (QED) is 0.619. The maximum atomic E-state index is 12.0. The van der Waals surface area contributed by atoms with Gasteiger partial charge in [-0.2, -0.15) is 0 Å². The average molecular weight is 256 g/mol. The van der Waals surface area contributed by atoms with Crippen molar-refractivity contribution in [1.82, 2.24) is 5.32 Å². The zero-order chi connectivity index (χ0) is 13.6. The minimum absolute atomic E-state index is 0.0213. The molecule has 0 aromatic carbocycles. The Hall–Kier alpha value is -0.610. The van der Waals surface area contributed by atoms with Crippen LogP contribution in [0.25, 0.3) is 0 Å². The Labute approximate surface area is 111 Å². The van der Waals surface area contributed by atoms with Crippen LogP contribution >= 0.6 is 0 Å². The van der Waals surface area contributed by atoms with E-state index in [-0.39, 0.29) is 11.3 Å². The summed E-state index contributed by atoms with van der Waals surface area (Å²) >= 11 is 0. The van der Waals surface area contributed by atoms with Gasteiger partial charge in [0.15, 0.2) is 0 Å². The van der Waals surface area contributed by atoms with E-state index in [0.29, 0.717) is 0 Å². The van der Waals surface area contributed by atoms with Gasteiger partial charge in [0.25, 0.3) is 0 Å². The summed E-state index contributed by atoms with van der Waals surface area (Å²) in [5, 5.41) is 3.02. The van der Waals surface area contributed by atoms with Gasteiger partial charge in [-0.15, -0.1) is 0 Å². The number of nitrogens with one attached hydrogen (secondary N) is 1. The molecule has 106 valence electrons. The van der Waals surface area contributed by atoms with E-state index in [1.54, 1.807) is 0 Å². The number of amides is 1. The molecule has 0 aliphatic heterocycles. The minimum Gasteiger partial charge on any atom is -0.382 e. The lowest BCUT2D eigenvalue weighted by Crippen LogP contribution is -2.52. The summed E-state index contributed by atoms with van der Waals surface area (Å²) in [6, 6.07) is 0. The lowest BCUT2D eigenvalue weighted by atomic mass is 9.95. The highest BCUT2D eigenvalue weighted by atomic mass is 16.5. The largest absolute Gasteiger partial charge is 0.382 e. The summed E-state index contributed by atoms with van der Waals surface area (Å²) in [6.07, 6.45) is 5.07. The maximum absolute atomic E-state index is 12.0. The summed E-state index contributed by atoms with van der Waals surface area (Å²) in [6.45, 7) is 8.16. The van der Waals surface area contributed by atoms with Crippen molar-refractivity contribution in [1.29, 1.82) is 0 Å². The molecule has 1 fully saturated rings. The Bertz CT molecular complexity index is 273. The van der Waals surface area contributed by atoms with Crippen LogP contribution in [-0.2, 0) is 9.53 Å². The van der Waals surface area contributed by atoms with Gasteiger partial charge in [-0.25, -0.2) is 0 Å². The van der Waals surface area contributed by atoms with Crippen molar-refractivity contribution in [2.24, 2.45) is 11.1 Å². The number of rotatable bonds is 9. The van der Waals surface area contributed by atoms with Crippen LogP contribution < -0.4 is 11.1 Å². The molecule has 1 aliphatic carbocycles. The van der Waals surface area contributed by atoms with Crippen LogP contribution in [0.5, 0.6) is 0 Å². The molecule has 0 radical (unpaired) electrons. The molecule has 0 heterocycles. The molecular weight excluding hydrogens is 228 g/mol. The molecule has 0 aromatic rings. The SMILES string of the molecule is CCCC(C)(N)C(=O)NCC1(CCOCC)CC1. The van der Waals surface area contributed by atoms with Gasteiger partial charge in [0.1, 0.15) is 0 Å². The Kier molecular flexibility index (Phi) is 5.60. The summed E-state index contributed by atoms with van der Waals surface area (Å²) in [7, 11) is 0. The number of carbonyl (C=O) groups is 1. The second-order valence-corrected chi connectivity index (χ2v) is 5.80. The van der Waals surface area contributed by atoms with Gasteiger partial charge in [0.05, 0.1) is 5.54 Å². The first-order valence-electron chi connectivity index (χ1n) is 7.11. The zero-order valence-corrected chi connectivity index (χ0v) is 12.1. The standard InChI is InChI=1S/C14H28N2O2/c1-4-6-13(3,15)12(17)16-11-14(7-8-14)9-10-18-5-2/h4-11,15H2,1-3H3,(H,16,17). The molecule has 0 bridgehead atoms. The van der Waals surface area contributed by atoms with E-state index in [1.807, 2.05) is 20.8 Å². The van der Waals surface area contributed by atoms with Crippen LogP contribution in [0, 0.1) is 5.41 Å². The number of hydrogen-bond acceptors (Lipinski definition) is 3. The van der Waals surface area contributed by atoms with Gasteiger partial charge in [0, 0.05) is 19.8 Å². The van der Waals surface area contributed by atoms with Crippen LogP contribution in [0.15, 0.2) is 0 Å². The van der Waals surface area contributed by atoms with Gasteiger partial charge in [-0.05, 0) is 44.9 Å². The Balaban J connectivity index is 2.29. The van der Waals surface area contributed by atoms with Crippen LogP contribution in [0.1, 0.15) is 52.9 Å². The fourth-order valence-corrected chi connectivity index (χ4v) is 2.23. The van der Waals surface area contributed by atoms with Crippen molar-refractivity contribution in [2.45, 2.75) is 58.4 Å². The third-order valence-corrected chi connectivity index (χ3v) is 3.85. The van der Waals surface area contributed by atoms with E-state index in [9.17, 15) is 4.79 Å². The first-order chi connectivity index (χ1) is 8.46. The van der Waals surface area contributed by atoms with Gasteiger partial charge < -0.3 is 15.8 Å². The predicted octanol–water partition coefficient (Wildman–Crippen LogP) is 1.83. The fraction of sp³-hybridized carbons (Fsp3) is 0.929. The van der Waals surface area contributed by atoms with Crippen molar-refractivity contribution in [3.63, 3.8) is 0 Å². The molecule has 3 N–H and O–H groups in total. The Morgan fingerprint density at radius 2 is 2.11 bits per heavy atom. The number of hydrogen-bond donors (Lipinski definition) is 2. The smallest absolute Gasteiger partial charge is 0.239 e. The Morgan fingerprint density at radius 3 is 2.61 bits per heavy atom. The van der Waals surface area contributed by atoms with Gasteiger partial charge in [-0.1, -0.05) is 13.3 Å². The molecule has 0 saturated heterocycles. The zero-order valence-electron chi connectivity index (χ0n) is 12.1. The predicted molar refractivity (Wildman–Crippen MR) is 73.3 cm³/mol. The normalized spacial score (nSPS) is 20.2. The molecule has 1 rings (SSSR count). The average Bonchev–Trinajstić information content (AvgIpc) is 3.07. The van der Waals surface area contributed by atoms with Gasteiger partial charge in [-0.3, -0.25) is 4.79 Å². The van der Waals surface area contributed by atoms with E-state index in [1.165, 1.54) is 12.8 Å². The Morgan fingerprint density at radius 1 is 1.44 bits per heavy atom. The van der Waals surface area contributed by atoms with Crippen LogP contribution in [-0.4, -0.2) is 31.2 Å². The maximum Gasteiger partial charge on any atom is 0.239 e. The lowest BCUT2D eigenvalue weighted by Gasteiger charge is -2.25. The second-order valence-electron chi connectivity index (χ2n) is 5.80. The minimum atomic E-state index is -0.731. The van der Waals surface area contributed by atoms with Crippen molar-refractivity contribution in [3.8, 4) is 0 Å². The van der Waals surface area contributed by atoms with Gasteiger partial charge in [0.2, 0.25) is 5.91 Å². The van der Waals surface area contributed by atoms with Crippen LogP contribution in [0.2, 0.25) is 0 Å². The third kappa shape index (κ3) is 4.58. The summed E-state index contributed by atoms with van der Waals surface area (Å²) < 4.78 is 5.38. The van der Waals surface area contributed by atoms with Crippen molar-refractivity contribution < 1.29 is 9.53 Å². The number of carbonyl (C=O) groups excluding carboxylic acids is 1. The summed E-state index contributed by atoms with van der Waals surface area (Å²) in [5.41, 5.74) is 5.56. The third-order valence-electron chi connectivity index (χ3n) is 3.85. The van der Waals surface area contributed by atoms with Crippen molar-refractivity contribution in [3.05, 3.63) is 0 Å². The number of ether oxygens (including phenoxy) is 1. The van der Waals surface area contributed by atoms with Crippen LogP contribution in [0.4, 0.5) is 0 Å². The van der Waals surface area contributed by atoms with Crippen molar-refractivity contribution >= 4 is 5.91 Å². The molecular formula is C14H28N2O2. The molecule has 1 atom stereocenters. The van der Waals surface area contributed by atoms with E-state index < -0.39 is 5.54 Å². The molecule has 0 spiro atoms. The molecule has 0 aromatic heterocycles. The molecule has 1 aliphatic rings. The first kappa shape index (κ1) is 15.4. The molecule has 4 heteroatoms.